The first-order valence-electron chi connectivity index (χ1n) is 5.96. The van der Waals surface area contributed by atoms with Gasteiger partial charge in [0, 0.05) is 11.3 Å². The van der Waals surface area contributed by atoms with Crippen molar-refractivity contribution in [1.29, 1.82) is 0 Å². The molecule has 88 valence electrons. The number of benzene rings is 1. The number of methoxy groups -OCH3 is 1. The van der Waals surface area contributed by atoms with Gasteiger partial charge in [-0.2, -0.15) is 0 Å². The van der Waals surface area contributed by atoms with Gasteiger partial charge in [-0.25, -0.2) is 4.98 Å². The summed E-state index contributed by atoms with van der Waals surface area (Å²) in [5.74, 6) is 1.49. The highest BCUT2D eigenvalue weighted by Gasteiger charge is 2.24. The Kier molecular flexibility index (Phi) is 2.39. The standard InChI is InChI=1S/C14H15NO2/c1-17-13-7-3-6-11-10(13)8-12(16)14(15-11)9-4-2-5-9/h3,6-9,16H,2,4-5H2,1H3. The number of rotatable bonds is 2. The number of hydrogen-bond donors (Lipinski definition) is 1. The van der Waals surface area contributed by atoms with Crippen LogP contribution in [0.1, 0.15) is 30.9 Å². The Morgan fingerprint density at radius 1 is 1.35 bits per heavy atom. The molecule has 0 unspecified atom stereocenters. The minimum absolute atomic E-state index is 0.298. The molecule has 3 rings (SSSR count). The van der Waals surface area contributed by atoms with Crippen molar-refractivity contribution in [2.45, 2.75) is 25.2 Å². The van der Waals surface area contributed by atoms with Crippen molar-refractivity contribution in [1.82, 2.24) is 4.98 Å². The molecule has 3 heteroatoms. The normalized spacial score (nSPS) is 15.8. The van der Waals surface area contributed by atoms with Crippen LogP contribution in [0.2, 0.25) is 0 Å². The molecule has 1 fully saturated rings. The summed E-state index contributed by atoms with van der Waals surface area (Å²) in [4.78, 5) is 4.58. The van der Waals surface area contributed by atoms with Crippen LogP contribution in [0, 0.1) is 0 Å². The van der Waals surface area contributed by atoms with E-state index in [2.05, 4.69) is 4.98 Å². The topological polar surface area (TPSA) is 42.4 Å². The molecule has 1 aliphatic rings. The fourth-order valence-corrected chi connectivity index (χ4v) is 2.33. The predicted octanol–water partition coefficient (Wildman–Crippen LogP) is 3.22. The highest BCUT2D eigenvalue weighted by Crippen LogP contribution is 2.41. The van der Waals surface area contributed by atoms with E-state index in [1.54, 1.807) is 13.2 Å². The lowest BCUT2D eigenvalue weighted by Crippen LogP contribution is -2.10. The first-order chi connectivity index (χ1) is 8.29. The molecular weight excluding hydrogens is 214 g/mol. The number of fused-ring (bicyclic) bond motifs is 1. The van der Waals surface area contributed by atoms with Crippen LogP contribution in [0.3, 0.4) is 0 Å². The Balaban J connectivity index is 2.18. The minimum Gasteiger partial charge on any atom is -0.506 e. The molecule has 0 radical (unpaired) electrons. The fourth-order valence-electron chi connectivity index (χ4n) is 2.33. The van der Waals surface area contributed by atoms with Crippen molar-refractivity contribution in [3.05, 3.63) is 30.0 Å². The summed E-state index contributed by atoms with van der Waals surface area (Å²) < 4.78 is 5.27. The predicted molar refractivity (Wildman–Crippen MR) is 66.6 cm³/mol. The van der Waals surface area contributed by atoms with Crippen molar-refractivity contribution in [3.8, 4) is 11.5 Å². The van der Waals surface area contributed by atoms with Crippen LogP contribution in [0.5, 0.6) is 11.5 Å². The lowest BCUT2D eigenvalue weighted by Gasteiger charge is -2.25. The van der Waals surface area contributed by atoms with E-state index in [4.69, 9.17) is 4.74 Å². The van der Waals surface area contributed by atoms with Crippen LogP contribution in [-0.4, -0.2) is 17.2 Å². The molecule has 0 bridgehead atoms. The van der Waals surface area contributed by atoms with Crippen LogP contribution in [-0.2, 0) is 0 Å². The maximum atomic E-state index is 10.0. The number of ether oxygens (including phenoxy) is 1. The number of nitrogens with zero attached hydrogens (tertiary/aromatic N) is 1. The molecule has 17 heavy (non-hydrogen) atoms. The molecule has 2 aromatic rings. The Hall–Kier alpha value is -1.77. The number of aromatic hydroxyl groups is 1. The monoisotopic (exact) mass is 229 g/mol. The van der Waals surface area contributed by atoms with Gasteiger partial charge in [-0.05, 0) is 31.0 Å². The van der Waals surface area contributed by atoms with Gasteiger partial charge in [0.2, 0.25) is 0 Å². The van der Waals surface area contributed by atoms with E-state index >= 15 is 0 Å². The third kappa shape index (κ3) is 1.62. The largest absolute Gasteiger partial charge is 0.506 e. The summed E-state index contributed by atoms with van der Waals surface area (Å²) in [6, 6.07) is 7.54. The smallest absolute Gasteiger partial charge is 0.138 e. The summed E-state index contributed by atoms with van der Waals surface area (Å²) in [6.45, 7) is 0. The molecule has 0 aliphatic heterocycles. The van der Waals surface area contributed by atoms with Gasteiger partial charge in [-0.15, -0.1) is 0 Å². The van der Waals surface area contributed by atoms with Crippen LogP contribution >= 0.6 is 0 Å². The van der Waals surface area contributed by atoms with E-state index in [0.29, 0.717) is 11.7 Å². The zero-order valence-corrected chi connectivity index (χ0v) is 9.81. The molecule has 0 spiro atoms. The molecular formula is C14H15NO2. The van der Waals surface area contributed by atoms with Crippen LogP contribution < -0.4 is 4.74 Å². The van der Waals surface area contributed by atoms with Gasteiger partial charge in [0.1, 0.15) is 11.5 Å². The zero-order chi connectivity index (χ0) is 11.8. The third-order valence-electron chi connectivity index (χ3n) is 3.54. The van der Waals surface area contributed by atoms with Crippen molar-refractivity contribution in [2.24, 2.45) is 0 Å². The second-order valence-electron chi connectivity index (χ2n) is 4.55. The van der Waals surface area contributed by atoms with E-state index in [1.807, 2.05) is 18.2 Å². The molecule has 0 atom stereocenters. The van der Waals surface area contributed by atoms with Crippen LogP contribution in [0.15, 0.2) is 24.3 Å². The molecule has 1 aromatic heterocycles. The van der Waals surface area contributed by atoms with Gasteiger partial charge < -0.3 is 9.84 Å². The molecule has 1 N–H and O–H groups in total. The van der Waals surface area contributed by atoms with Gasteiger partial charge >= 0.3 is 0 Å². The summed E-state index contributed by atoms with van der Waals surface area (Å²) in [5, 5.41) is 10.9. The average Bonchev–Trinajstić information content (AvgIpc) is 2.27. The lowest BCUT2D eigenvalue weighted by atomic mass is 9.82. The van der Waals surface area contributed by atoms with Crippen LogP contribution in [0.4, 0.5) is 0 Å². The average molecular weight is 229 g/mol. The molecule has 1 aliphatic carbocycles. The minimum atomic E-state index is 0.298. The van der Waals surface area contributed by atoms with Crippen molar-refractivity contribution >= 4 is 10.9 Å². The Morgan fingerprint density at radius 3 is 2.82 bits per heavy atom. The SMILES string of the molecule is COc1cccc2nc(C3CCC3)c(O)cc12. The highest BCUT2D eigenvalue weighted by molar-refractivity contribution is 5.86. The van der Waals surface area contributed by atoms with Gasteiger partial charge in [0.15, 0.2) is 0 Å². The highest BCUT2D eigenvalue weighted by atomic mass is 16.5. The zero-order valence-electron chi connectivity index (χ0n) is 9.81. The van der Waals surface area contributed by atoms with E-state index in [9.17, 15) is 5.11 Å². The van der Waals surface area contributed by atoms with Gasteiger partial charge in [-0.3, -0.25) is 0 Å². The van der Waals surface area contributed by atoms with E-state index < -0.39 is 0 Å². The first kappa shape index (κ1) is 10.4. The quantitative estimate of drug-likeness (QED) is 0.859. The molecule has 0 amide bonds. The van der Waals surface area contributed by atoms with E-state index in [1.165, 1.54) is 6.42 Å². The number of hydrogen-bond acceptors (Lipinski definition) is 3. The van der Waals surface area contributed by atoms with E-state index in [-0.39, 0.29) is 0 Å². The molecule has 1 heterocycles. The second-order valence-corrected chi connectivity index (χ2v) is 4.55. The first-order valence-corrected chi connectivity index (χ1v) is 5.96. The molecule has 3 nitrogen and oxygen atoms in total. The van der Waals surface area contributed by atoms with Gasteiger partial charge in [0.25, 0.3) is 0 Å². The Morgan fingerprint density at radius 2 is 2.18 bits per heavy atom. The van der Waals surface area contributed by atoms with Gasteiger partial charge in [-0.1, -0.05) is 12.5 Å². The molecule has 1 aromatic carbocycles. The maximum absolute atomic E-state index is 10.0. The van der Waals surface area contributed by atoms with Gasteiger partial charge in [0.05, 0.1) is 18.3 Å². The van der Waals surface area contributed by atoms with Crippen LogP contribution in [0.25, 0.3) is 10.9 Å². The summed E-state index contributed by atoms with van der Waals surface area (Å²) in [5.41, 5.74) is 1.74. The number of pyridine rings is 1. The second kappa shape index (κ2) is 3.91. The fraction of sp³-hybridized carbons (Fsp3) is 0.357. The number of aromatic nitrogens is 1. The third-order valence-corrected chi connectivity index (χ3v) is 3.54. The van der Waals surface area contributed by atoms with E-state index in [0.717, 1.165) is 35.2 Å². The lowest BCUT2D eigenvalue weighted by molar-refractivity contribution is 0.384. The summed E-state index contributed by atoms with van der Waals surface area (Å²) in [6.07, 6.45) is 3.51. The summed E-state index contributed by atoms with van der Waals surface area (Å²) >= 11 is 0. The Labute approximate surface area is 100 Å². The Bertz CT molecular complexity index is 561. The summed E-state index contributed by atoms with van der Waals surface area (Å²) in [7, 11) is 1.63. The van der Waals surface area contributed by atoms with Crippen molar-refractivity contribution in [2.75, 3.05) is 7.11 Å². The molecule has 0 saturated heterocycles. The van der Waals surface area contributed by atoms with Crippen molar-refractivity contribution in [3.63, 3.8) is 0 Å². The maximum Gasteiger partial charge on any atom is 0.138 e. The molecule has 1 saturated carbocycles. The van der Waals surface area contributed by atoms with Crippen molar-refractivity contribution < 1.29 is 9.84 Å².